The minimum Gasteiger partial charge on any atom is -0.456 e. The normalized spacial score (nSPS) is 13.1. The van der Waals surface area contributed by atoms with E-state index in [9.17, 15) is 0 Å². The Morgan fingerprint density at radius 2 is 0.776 bits per heavy atom. The Bertz CT molecular complexity index is 4930. The fraction of sp³-hybridized carbons (Fsp3) is 0.0143. The number of hydrogen-bond donors (Lipinski definition) is 0. The first kappa shape index (κ1) is 42.1. The van der Waals surface area contributed by atoms with Gasteiger partial charge in [-0.3, -0.25) is 0 Å². The van der Waals surface area contributed by atoms with Crippen molar-refractivity contribution in [3.05, 3.63) is 259 Å². The highest BCUT2D eigenvalue weighted by Gasteiger charge is 2.51. The van der Waals surface area contributed by atoms with Crippen molar-refractivity contribution in [2.45, 2.75) is 5.41 Å². The Balaban J connectivity index is 0.820. The number of thiophene rings is 2. The van der Waals surface area contributed by atoms with Crippen LogP contribution < -0.4 is 0 Å². The van der Waals surface area contributed by atoms with E-state index in [0.29, 0.717) is 17.5 Å². The van der Waals surface area contributed by atoms with Crippen LogP contribution in [0.3, 0.4) is 0 Å². The molecule has 15 aromatic rings. The molecule has 17 rings (SSSR count). The molecule has 2 aliphatic carbocycles. The van der Waals surface area contributed by atoms with Gasteiger partial charge in [0.05, 0.1) is 5.41 Å². The van der Waals surface area contributed by atoms with Crippen LogP contribution in [0.25, 0.3) is 141 Å². The predicted octanol–water partition coefficient (Wildman–Crippen LogP) is 19.2. The topological polar surface area (TPSA) is 51.8 Å². The minimum atomic E-state index is -0.369. The summed E-state index contributed by atoms with van der Waals surface area (Å²) in [4.78, 5) is 16.3. The van der Waals surface area contributed by atoms with Crippen LogP contribution in [0.4, 0.5) is 0 Å². The maximum Gasteiger partial charge on any atom is 0.165 e. The second-order valence-electron chi connectivity index (χ2n) is 20.1. The van der Waals surface area contributed by atoms with Crippen molar-refractivity contribution in [3.63, 3.8) is 0 Å². The quantitative estimate of drug-likeness (QED) is 0.172. The summed E-state index contributed by atoms with van der Waals surface area (Å²) in [5.41, 5.74) is 19.3. The number of hydrogen-bond acceptors (Lipinski definition) is 6. The van der Waals surface area contributed by atoms with E-state index in [-0.39, 0.29) is 5.41 Å². The molecule has 0 bridgehead atoms. The summed E-state index contributed by atoms with van der Waals surface area (Å²) < 4.78 is 11.5. The molecule has 0 aliphatic heterocycles. The van der Waals surface area contributed by atoms with Gasteiger partial charge in [0.1, 0.15) is 11.2 Å². The van der Waals surface area contributed by atoms with E-state index in [1.165, 1.54) is 80.3 Å². The second kappa shape index (κ2) is 15.8. The number of benzene rings is 11. The van der Waals surface area contributed by atoms with Gasteiger partial charge >= 0.3 is 0 Å². The van der Waals surface area contributed by atoms with Gasteiger partial charge in [-0.25, -0.2) is 15.0 Å². The van der Waals surface area contributed by atoms with Gasteiger partial charge in [0, 0.05) is 67.8 Å². The Morgan fingerprint density at radius 3 is 1.51 bits per heavy atom. The van der Waals surface area contributed by atoms with Gasteiger partial charge in [-0.2, -0.15) is 0 Å². The maximum absolute atomic E-state index is 6.70. The molecular weight excluding hydrogens is 963 g/mol. The van der Waals surface area contributed by atoms with Crippen molar-refractivity contribution < 1.29 is 4.42 Å². The first-order valence-electron chi connectivity index (χ1n) is 25.7. The van der Waals surface area contributed by atoms with Crippen molar-refractivity contribution in [3.8, 4) is 78.7 Å². The standard InChI is InChI=1S/C70H39N3OS2/c1-6-26-55-44(17-1)45-18-2-7-27-56(45)70(55)57-28-8-3-19-46(57)53-38-42(33-35-58(53)70)40-15-11-16-41(37-40)43-34-36-59-54(39-43)64-50(23-13-29-60(64)74-59)67-71-68(51-24-14-32-63-65(51)49-21-5-10-31-62(49)75-63)73-69(72-67)52-25-12-22-48-47-20-4-9-30-61(47)76-66(48)52/h1-39H. The monoisotopic (exact) mass is 1000 g/mol. The van der Waals surface area contributed by atoms with Gasteiger partial charge < -0.3 is 4.42 Å². The summed E-state index contributed by atoms with van der Waals surface area (Å²) >= 11 is 3.58. The summed E-state index contributed by atoms with van der Waals surface area (Å²) in [5, 5.41) is 6.76. The Kier molecular flexibility index (Phi) is 8.77. The molecule has 76 heavy (non-hydrogen) atoms. The molecule has 0 radical (unpaired) electrons. The second-order valence-corrected chi connectivity index (χ2v) is 22.2. The van der Waals surface area contributed by atoms with Crippen LogP contribution in [-0.2, 0) is 5.41 Å². The number of aromatic nitrogens is 3. The van der Waals surface area contributed by atoms with E-state index >= 15 is 0 Å². The van der Waals surface area contributed by atoms with Gasteiger partial charge in [-0.05, 0) is 121 Å². The molecule has 4 heterocycles. The summed E-state index contributed by atoms with van der Waals surface area (Å²) in [5.74, 6) is 1.87. The van der Waals surface area contributed by atoms with Crippen LogP contribution in [0.15, 0.2) is 241 Å². The van der Waals surface area contributed by atoms with Crippen LogP contribution in [0.5, 0.6) is 0 Å². The largest absolute Gasteiger partial charge is 0.456 e. The van der Waals surface area contributed by atoms with Crippen LogP contribution in [0, 0.1) is 0 Å². The highest BCUT2D eigenvalue weighted by molar-refractivity contribution is 7.26. The number of nitrogens with zero attached hydrogens (tertiary/aromatic N) is 3. The molecule has 0 saturated heterocycles. The Hall–Kier alpha value is -9.33. The molecule has 4 nitrogen and oxygen atoms in total. The first-order chi connectivity index (χ1) is 37.7. The van der Waals surface area contributed by atoms with Crippen LogP contribution >= 0.6 is 22.7 Å². The lowest BCUT2D eigenvalue weighted by molar-refractivity contribution is 0.669. The number of fused-ring (bicyclic) bond motifs is 19. The first-order valence-corrected chi connectivity index (χ1v) is 27.4. The summed E-state index contributed by atoms with van der Waals surface area (Å²) in [6, 6.07) is 86.1. The maximum atomic E-state index is 6.70. The van der Waals surface area contributed by atoms with E-state index < -0.39 is 0 Å². The highest BCUT2D eigenvalue weighted by atomic mass is 32.1. The molecule has 11 aromatic carbocycles. The molecule has 0 atom stereocenters. The zero-order chi connectivity index (χ0) is 49.6. The number of furan rings is 1. The van der Waals surface area contributed by atoms with E-state index in [1.807, 2.05) is 0 Å². The molecule has 2 aliphatic rings. The molecule has 352 valence electrons. The molecule has 1 spiro atoms. The number of rotatable bonds is 5. The highest BCUT2D eigenvalue weighted by Crippen LogP contribution is 2.63. The molecule has 0 saturated carbocycles. The van der Waals surface area contributed by atoms with Crippen molar-refractivity contribution in [2.24, 2.45) is 0 Å². The van der Waals surface area contributed by atoms with Gasteiger partial charge in [-0.1, -0.05) is 182 Å². The zero-order valence-electron chi connectivity index (χ0n) is 40.6. The van der Waals surface area contributed by atoms with Crippen molar-refractivity contribution >= 4 is 85.0 Å². The molecule has 0 fully saturated rings. The molecule has 0 N–H and O–H groups in total. The Labute approximate surface area is 444 Å². The van der Waals surface area contributed by atoms with Gasteiger partial charge in [-0.15, -0.1) is 22.7 Å². The molecule has 0 unspecified atom stereocenters. The van der Waals surface area contributed by atoms with Crippen molar-refractivity contribution in [2.75, 3.05) is 0 Å². The van der Waals surface area contributed by atoms with Gasteiger partial charge in [0.25, 0.3) is 0 Å². The zero-order valence-corrected chi connectivity index (χ0v) is 42.2. The average molecular weight is 1000 g/mol. The van der Waals surface area contributed by atoms with E-state index in [2.05, 4.69) is 237 Å². The van der Waals surface area contributed by atoms with E-state index in [1.54, 1.807) is 22.7 Å². The molecule has 6 heteroatoms. The van der Waals surface area contributed by atoms with Crippen molar-refractivity contribution in [1.29, 1.82) is 0 Å². The minimum absolute atomic E-state index is 0.369. The average Bonchev–Trinajstić information content (AvgIpc) is 4.44. The van der Waals surface area contributed by atoms with Gasteiger partial charge in [0.15, 0.2) is 17.5 Å². The third kappa shape index (κ3) is 5.85. The third-order valence-electron chi connectivity index (χ3n) is 16.2. The van der Waals surface area contributed by atoms with Gasteiger partial charge in [0.2, 0.25) is 0 Å². The van der Waals surface area contributed by atoms with E-state index in [4.69, 9.17) is 19.4 Å². The van der Waals surface area contributed by atoms with Crippen LogP contribution in [0.1, 0.15) is 22.3 Å². The molecule has 4 aromatic heterocycles. The summed E-state index contributed by atoms with van der Waals surface area (Å²) in [6.45, 7) is 0. The SMILES string of the molecule is c1cc(-c2ccc3c(c2)-c2ccccc2C32c3ccccc3-c3ccccc32)cc(-c2ccc3oc4cccc(-c5nc(-c6cccc7c6sc6ccccc67)nc(-c6cccc7sc8ccccc8c67)n5)c4c3c2)c1. The third-order valence-corrected chi connectivity index (χ3v) is 18.5. The van der Waals surface area contributed by atoms with Crippen molar-refractivity contribution in [1.82, 2.24) is 15.0 Å². The Morgan fingerprint density at radius 1 is 0.289 bits per heavy atom. The lowest BCUT2D eigenvalue weighted by atomic mass is 9.70. The lowest BCUT2D eigenvalue weighted by Crippen LogP contribution is -2.25. The lowest BCUT2D eigenvalue weighted by Gasteiger charge is -2.30. The summed E-state index contributed by atoms with van der Waals surface area (Å²) in [6.07, 6.45) is 0. The fourth-order valence-electron chi connectivity index (χ4n) is 13.0. The molecule has 0 amide bonds. The van der Waals surface area contributed by atoms with Crippen LogP contribution in [0.2, 0.25) is 0 Å². The fourth-order valence-corrected chi connectivity index (χ4v) is 15.3. The van der Waals surface area contributed by atoms with Crippen LogP contribution in [-0.4, -0.2) is 15.0 Å². The van der Waals surface area contributed by atoms with E-state index in [0.717, 1.165) is 65.4 Å². The predicted molar refractivity (Wildman–Crippen MR) is 316 cm³/mol. The molecular formula is C70H39N3OS2. The smallest absolute Gasteiger partial charge is 0.165 e. The summed E-state index contributed by atoms with van der Waals surface area (Å²) in [7, 11) is 0.